The van der Waals surface area contributed by atoms with Gasteiger partial charge in [0, 0.05) is 34.4 Å². The summed E-state index contributed by atoms with van der Waals surface area (Å²) in [5, 5.41) is 0.606. The van der Waals surface area contributed by atoms with Crippen LogP contribution in [0.5, 0.6) is 0 Å². The first-order valence-corrected chi connectivity index (χ1v) is 9.19. The molecule has 6 heteroatoms. The molecule has 27 heavy (non-hydrogen) atoms. The summed E-state index contributed by atoms with van der Waals surface area (Å²) >= 11 is 0. The van der Waals surface area contributed by atoms with Crippen molar-refractivity contribution in [1.82, 2.24) is 14.9 Å². The Morgan fingerprint density at radius 1 is 1.19 bits per heavy atom. The largest absolute Gasteiger partial charge is 0.397 e. The second kappa shape index (κ2) is 5.74. The number of aromatic nitrogens is 2. The Bertz CT molecular complexity index is 1090. The van der Waals surface area contributed by atoms with Crippen molar-refractivity contribution in [1.29, 1.82) is 0 Å². The number of carbonyl (C=O) groups is 1. The Labute approximate surface area is 156 Å². The molecule has 2 aliphatic rings. The fourth-order valence-corrected chi connectivity index (χ4v) is 3.99. The summed E-state index contributed by atoms with van der Waals surface area (Å²) in [6, 6.07) is 6.93. The summed E-state index contributed by atoms with van der Waals surface area (Å²) in [5.41, 5.74) is 10.3. The highest BCUT2D eigenvalue weighted by Crippen LogP contribution is 2.39. The molecule has 5 nitrogen and oxygen atoms in total. The van der Waals surface area contributed by atoms with Crippen molar-refractivity contribution in [3.63, 3.8) is 0 Å². The summed E-state index contributed by atoms with van der Waals surface area (Å²) in [7, 11) is 0. The molecule has 1 aromatic carbocycles. The lowest BCUT2D eigenvalue weighted by molar-refractivity contribution is 0.0606. The molecular formula is C21H19FN4O. The summed E-state index contributed by atoms with van der Waals surface area (Å²) in [6.07, 6.45) is 4.83. The third kappa shape index (κ3) is 2.32. The van der Waals surface area contributed by atoms with Gasteiger partial charge in [-0.15, -0.1) is 0 Å². The zero-order chi connectivity index (χ0) is 18.7. The first kappa shape index (κ1) is 16.2. The van der Waals surface area contributed by atoms with E-state index < -0.39 is 0 Å². The van der Waals surface area contributed by atoms with Crippen molar-refractivity contribution in [2.24, 2.45) is 0 Å². The molecule has 1 fully saturated rings. The van der Waals surface area contributed by atoms with Crippen molar-refractivity contribution in [3.05, 3.63) is 53.2 Å². The van der Waals surface area contributed by atoms with E-state index in [2.05, 4.69) is 4.98 Å². The Hall–Kier alpha value is -3.02. The summed E-state index contributed by atoms with van der Waals surface area (Å²) in [6.45, 7) is 2.33. The minimum Gasteiger partial charge on any atom is -0.397 e. The van der Waals surface area contributed by atoms with Gasteiger partial charge in [0.1, 0.15) is 5.82 Å². The molecule has 0 bridgehead atoms. The third-order valence-corrected chi connectivity index (χ3v) is 5.73. The van der Waals surface area contributed by atoms with Gasteiger partial charge >= 0.3 is 0 Å². The number of pyridine rings is 2. The molecule has 0 radical (unpaired) electrons. The Morgan fingerprint density at radius 2 is 2.00 bits per heavy atom. The van der Waals surface area contributed by atoms with Gasteiger partial charge in [-0.2, -0.15) is 0 Å². The lowest BCUT2D eigenvalue weighted by Crippen LogP contribution is -2.40. The molecule has 1 saturated carbocycles. The predicted octanol–water partition coefficient (Wildman–Crippen LogP) is 3.83. The van der Waals surface area contributed by atoms with Crippen molar-refractivity contribution in [2.75, 3.05) is 5.73 Å². The molecule has 3 heterocycles. The van der Waals surface area contributed by atoms with E-state index in [0.29, 0.717) is 45.5 Å². The molecule has 3 aromatic rings. The number of carbonyl (C=O) groups excluding carboxylic acids is 1. The van der Waals surface area contributed by atoms with Gasteiger partial charge in [-0.25, -0.2) is 9.37 Å². The quantitative estimate of drug-likeness (QED) is 0.752. The van der Waals surface area contributed by atoms with Crippen molar-refractivity contribution >= 4 is 22.5 Å². The number of anilines is 1. The van der Waals surface area contributed by atoms with E-state index in [1.54, 1.807) is 12.3 Å². The zero-order valence-electron chi connectivity index (χ0n) is 15.0. The maximum Gasteiger partial charge on any atom is 0.258 e. The summed E-state index contributed by atoms with van der Waals surface area (Å²) in [4.78, 5) is 23.7. The van der Waals surface area contributed by atoms with Gasteiger partial charge < -0.3 is 10.6 Å². The van der Waals surface area contributed by atoms with Gasteiger partial charge in [0.15, 0.2) is 0 Å². The average Bonchev–Trinajstić information content (AvgIpc) is 2.91. The van der Waals surface area contributed by atoms with Crippen LogP contribution in [0.15, 0.2) is 30.5 Å². The molecule has 0 saturated heterocycles. The molecule has 2 N–H and O–H groups in total. The highest BCUT2D eigenvalue weighted by molar-refractivity contribution is 6.11. The SMILES string of the molecule is Cc1ccc(-c2c(F)ccc3c(N)c4c(nc23)CN(C2CCC2)C4=O)cn1. The number of rotatable bonds is 2. The van der Waals surface area contributed by atoms with Crippen molar-refractivity contribution < 1.29 is 9.18 Å². The molecule has 0 unspecified atom stereocenters. The standard InChI is InChI=1S/C21H19FN4O/c1-11-5-6-12(9-24-11)17-15(22)8-7-14-19(23)18-16(25-20(14)17)10-26(21(18)27)13-3-2-4-13/h5-9,13H,2-4,10H2,1H3,(H2,23,25). The first-order chi connectivity index (χ1) is 13.0. The van der Waals surface area contributed by atoms with E-state index >= 15 is 0 Å². The van der Waals surface area contributed by atoms with E-state index in [9.17, 15) is 9.18 Å². The number of amides is 1. The van der Waals surface area contributed by atoms with Crippen molar-refractivity contribution in [3.8, 4) is 11.1 Å². The number of nitrogens with two attached hydrogens (primary N) is 1. The van der Waals surface area contributed by atoms with Gasteiger partial charge in [-0.1, -0.05) is 6.07 Å². The molecule has 1 aliphatic carbocycles. The monoisotopic (exact) mass is 362 g/mol. The van der Waals surface area contributed by atoms with Crippen LogP contribution in [0.2, 0.25) is 0 Å². The Kier molecular flexibility index (Phi) is 3.44. The maximum absolute atomic E-state index is 14.7. The average molecular weight is 362 g/mol. The Morgan fingerprint density at radius 3 is 2.67 bits per heavy atom. The number of benzene rings is 1. The molecule has 0 atom stereocenters. The van der Waals surface area contributed by atoms with Gasteiger partial charge in [0.2, 0.25) is 0 Å². The number of fused-ring (bicyclic) bond motifs is 2. The van der Waals surface area contributed by atoms with Crippen LogP contribution in [0.3, 0.4) is 0 Å². The summed E-state index contributed by atoms with van der Waals surface area (Å²) in [5.74, 6) is -0.426. The lowest BCUT2D eigenvalue weighted by atomic mass is 9.92. The Balaban J connectivity index is 1.73. The van der Waals surface area contributed by atoms with Crippen LogP contribution >= 0.6 is 0 Å². The highest BCUT2D eigenvalue weighted by atomic mass is 19.1. The lowest BCUT2D eigenvalue weighted by Gasteiger charge is -2.34. The topological polar surface area (TPSA) is 72.1 Å². The molecular weight excluding hydrogens is 343 g/mol. The number of nitrogen functional groups attached to an aromatic ring is 1. The van der Waals surface area contributed by atoms with E-state index in [4.69, 9.17) is 10.7 Å². The summed E-state index contributed by atoms with van der Waals surface area (Å²) < 4.78 is 14.7. The molecule has 1 aliphatic heterocycles. The van der Waals surface area contributed by atoms with Crippen molar-refractivity contribution in [2.45, 2.75) is 38.8 Å². The second-order valence-corrected chi connectivity index (χ2v) is 7.37. The zero-order valence-corrected chi connectivity index (χ0v) is 15.0. The number of hydrogen-bond acceptors (Lipinski definition) is 4. The van der Waals surface area contributed by atoms with E-state index in [0.717, 1.165) is 25.0 Å². The molecule has 0 spiro atoms. The predicted molar refractivity (Wildman–Crippen MR) is 102 cm³/mol. The van der Waals surface area contributed by atoms with E-state index in [1.165, 1.54) is 6.07 Å². The van der Waals surface area contributed by atoms with Crippen LogP contribution in [0.4, 0.5) is 10.1 Å². The molecule has 1 amide bonds. The van der Waals surface area contributed by atoms with Crippen LogP contribution in [-0.4, -0.2) is 26.8 Å². The van der Waals surface area contributed by atoms with Crippen LogP contribution in [-0.2, 0) is 6.54 Å². The normalized spacial score (nSPS) is 16.7. The van der Waals surface area contributed by atoms with Gasteiger partial charge in [0.05, 0.1) is 29.0 Å². The third-order valence-electron chi connectivity index (χ3n) is 5.73. The second-order valence-electron chi connectivity index (χ2n) is 7.37. The smallest absolute Gasteiger partial charge is 0.258 e. The van der Waals surface area contributed by atoms with Crippen LogP contribution in [0, 0.1) is 12.7 Å². The fraction of sp³-hybridized carbons (Fsp3) is 0.286. The van der Waals surface area contributed by atoms with Crippen LogP contribution in [0.1, 0.15) is 41.0 Å². The number of hydrogen-bond donors (Lipinski definition) is 1. The number of halogens is 1. The maximum atomic E-state index is 14.7. The molecule has 2 aromatic heterocycles. The number of aryl methyl sites for hydroxylation is 1. The first-order valence-electron chi connectivity index (χ1n) is 9.19. The number of nitrogens with zero attached hydrogens (tertiary/aromatic N) is 3. The molecule has 136 valence electrons. The van der Waals surface area contributed by atoms with Gasteiger partial charge in [0.25, 0.3) is 5.91 Å². The van der Waals surface area contributed by atoms with E-state index in [1.807, 2.05) is 24.0 Å². The highest BCUT2D eigenvalue weighted by Gasteiger charge is 2.38. The molecule has 5 rings (SSSR count). The van der Waals surface area contributed by atoms with Gasteiger partial charge in [-0.3, -0.25) is 9.78 Å². The van der Waals surface area contributed by atoms with Crippen LogP contribution in [0.25, 0.3) is 22.0 Å². The van der Waals surface area contributed by atoms with Gasteiger partial charge in [-0.05, 0) is 44.4 Å². The van der Waals surface area contributed by atoms with E-state index in [-0.39, 0.29) is 17.8 Å². The minimum absolute atomic E-state index is 0.0514. The van der Waals surface area contributed by atoms with Crippen LogP contribution < -0.4 is 5.73 Å². The fourth-order valence-electron chi connectivity index (χ4n) is 3.99. The minimum atomic E-state index is -0.375.